The van der Waals surface area contributed by atoms with Crippen LogP contribution in [0.2, 0.25) is 0 Å². The van der Waals surface area contributed by atoms with E-state index >= 15 is 0 Å². The van der Waals surface area contributed by atoms with Crippen molar-refractivity contribution in [1.29, 1.82) is 0 Å². The highest BCUT2D eigenvalue weighted by molar-refractivity contribution is 5.69. The van der Waals surface area contributed by atoms with Gasteiger partial charge >= 0.3 is 18.1 Å². The van der Waals surface area contributed by atoms with Crippen LogP contribution in [-0.4, -0.2) is 18.1 Å². The van der Waals surface area contributed by atoms with Gasteiger partial charge in [0.2, 0.25) is 0 Å². The Balaban J connectivity index is 2.95. The largest absolute Gasteiger partial charge is 0.455 e. The predicted octanol–water partition coefficient (Wildman–Crippen LogP) is 2.81. The molecule has 0 saturated heterocycles. The van der Waals surface area contributed by atoms with E-state index in [1.807, 2.05) is 0 Å². The van der Waals surface area contributed by atoms with Gasteiger partial charge in [-0.15, -0.1) is 0 Å². The average Bonchev–Trinajstić information content (AvgIpc) is 2.26. The lowest BCUT2D eigenvalue weighted by atomic mass is 10.0. The molecule has 0 amide bonds. The first-order chi connectivity index (χ1) is 8.55. The topological polar surface area (TPSA) is 52.3 Å². The molecule has 0 aliphatic carbocycles. The van der Waals surface area contributed by atoms with Crippen LogP contribution in [0.4, 0.5) is 22.0 Å². The molecule has 0 aromatic heterocycles. The monoisotopic (exact) mass is 283 g/mol. The first-order valence-electron chi connectivity index (χ1n) is 5.04. The number of halogens is 5. The van der Waals surface area contributed by atoms with Gasteiger partial charge in [-0.25, -0.2) is 0 Å². The molecule has 0 aliphatic heterocycles. The number of carbonyl (C=O) groups excluding carboxylic acids is 1. The van der Waals surface area contributed by atoms with Gasteiger partial charge in [0, 0.05) is 6.92 Å². The Morgan fingerprint density at radius 1 is 1.16 bits per heavy atom. The van der Waals surface area contributed by atoms with Crippen molar-refractivity contribution in [1.82, 2.24) is 0 Å². The summed E-state index contributed by atoms with van der Waals surface area (Å²) in [6, 6.07) is 1.54. The van der Waals surface area contributed by atoms with E-state index < -0.39 is 29.7 Å². The van der Waals surface area contributed by atoms with Gasteiger partial charge in [-0.2, -0.15) is 22.0 Å². The molecule has 0 bridgehead atoms. The fourth-order valence-corrected chi connectivity index (χ4v) is 1.29. The van der Waals surface area contributed by atoms with Gasteiger partial charge in [-0.1, -0.05) is 12.1 Å². The molecular weight excluding hydrogens is 273 g/mol. The van der Waals surface area contributed by atoms with Crippen LogP contribution in [0.3, 0.4) is 0 Å². The van der Waals surface area contributed by atoms with E-state index in [4.69, 9.17) is 5.73 Å². The summed E-state index contributed by atoms with van der Waals surface area (Å²) in [7, 11) is 0. The lowest BCUT2D eigenvalue weighted by molar-refractivity contribution is -0.291. The third-order valence-electron chi connectivity index (χ3n) is 2.27. The van der Waals surface area contributed by atoms with E-state index in [0.29, 0.717) is 0 Å². The van der Waals surface area contributed by atoms with Crippen molar-refractivity contribution in [3.8, 4) is 5.75 Å². The highest BCUT2D eigenvalue weighted by atomic mass is 19.4. The van der Waals surface area contributed by atoms with Crippen LogP contribution in [0.5, 0.6) is 5.75 Å². The van der Waals surface area contributed by atoms with Crippen LogP contribution in [0.15, 0.2) is 24.3 Å². The summed E-state index contributed by atoms with van der Waals surface area (Å²) in [5.74, 6) is -5.66. The molecule has 3 nitrogen and oxygen atoms in total. The van der Waals surface area contributed by atoms with Gasteiger partial charge in [0.05, 0.1) is 0 Å². The molecule has 1 aromatic carbocycles. The zero-order valence-electron chi connectivity index (χ0n) is 9.67. The Hall–Kier alpha value is -1.70. The van der Waals surface area contributed by atoms with Crippen molar-refractivity contribution in [2.75, 3.05) is 0 Å². The normalized spacial score (nSPS) is 14.1. The lowest BCUT2D eigenvalue weighted by Crippen LogP contribution is -2.45. The summed E-state index contributed by atoms with van der Waals surface area (Å²) in [5.41, 5.74) is 4.51. The van der Waals surface area contributed by atoms with Crippen molar-refractivity contribution in [3.05, 3.63) is 29.8 Å². The number of rotatable bonds is 3. The second kappa shape index (κ2) is 5.12. The molecule has 8 heteroatoms. The van der Waals surface area contributed by atoms with Crippen molar-refractivity contribution >= 4 is 5.97 Å². The van der Waals surface area contributed by atoms with Crippen molar-refractivity contribution in [2.45, 2.75) is 25.1 Å². The molecule has 0 fully saturated rings. The van der Waals surface area contributed by atoms with Gasteiger partial charge in [0.25, 0.3) is 0 Å². The maximum Gasteiger partial charge on any atom is 0.455 e. The number of alkyl halides is 5. The van der Waals surface area contributed by atoms with Gasteiger partial charge in [0.15, 0.2) is 0 Å². The number of benzene rings is 1. The van der Waals surface area contributed by atoms with Crippen LogP contribution in [0.25, 0.3) is 0 Å². The summed E-state index contributed by atoms with van der Waals surface area (Å²) in [4.78, 5) is 10.6. The molecule has 0 saturated carbocycles. The number of ether oxygens (including phenoxy) is 1. The highest BCUT2D eigenvalue weighted by Gasteiger charge is 2.61. The fraction of sp³-hybridized carbons (Fsp3) is 0.364. The van der Waals surface area contributed by atoms with Gasteiger partial charge in [-0.3, -0.25) is 4.79 Å². The van der Waals surface area contributed by atoms with E-state index in [1.165, 1.54) is 0 Å². The Bertz CT molecular complexity index is 455. The molecule has 0 aliphatic rings. The number of hydrogen-bond donors (Lipinski definition) is 1. The first-order valence-corrected chi connectivity index (χ1v) is 5.04. The predicted molar refractivity (Wildman–Crippen MR) is 55.7 cm³/mol. The van der Waals surface area contributed by atoms with Crippen LogP contribution >= 0.6 is 0 Å². The second-order valence-electron chi connectivity index (χ2n) is 3.76. The van der Waals surface area contributed by atoms with Crippen LogP contribution in [0.1, 0.15) is 18.5 Å². The van der Waals surface area contributed by atoms with Gasteiger partial charge in [-0.05, 0) is 17.7 Å². The molecule has 1 aromatic rings. The molecule has 2 N–H and O–H groups in total. The van der Waals surface area contributed by atoms with E-state index in [1.54, 1.807) is 0 Å². The summed E-state index contributed by atoms with van der Waals surface area (Å²) in [5, 5.41) is 0. The molecule has 1 atom stereocenters. The van der Waals surface area contributed by atoms with E-state index in [0.717, 1.165) is 31.2 Å². The molecule has 0 heterocycles. The van der Waals surface area contributed by atoms with Crippen LogP contribution < -0.4 is 10.5 Å². The highest BCUT2D eigenvalue weighted by Crippen LogP contribution is 2.43. The standard InChI is InChI=1S/C11H10F5NO2/c1-6(18)19-8-4-2-7(3-5-8)9(17)10(12,13)11(14,15)16/h2-5,9H,17H2,1H3/t9-/m1/s1. The van der Waals surface area contributed by atoms with E-state index in [9.17, 15) is 26.7 Å². The molecule has 0 spiro atoms. The van der Waals surface area contributed by atoms with Crippen molar-refractivity contribution < 1.29 is 31.5 Å². The Labute approximate surface area is 105 Å². The second-order valence-corrected chi connectivity index (χ2v) is 3.76. The third-order valence-corrected chi connectivity index (χ3v) is 2.27. The Morgan fingerprint density at radius 2 is 1.63 bits per heavy atom. The number of nitrogens with two attached hydrogens (primary N) is 1. The Morgan fingerprint density at radius 3 is 2.00 bits per heavy atom. The molecular formula is C11H10F5NO2. The Kier molecular flexibility index (Phi) is 4.14. The minimum Gasteiger partial charge on any atom is -0.427 e. The van der Waals surface area contributed by atoms with Crippen LogP contribution in [0, 0.1) is 0 Å². The number of esters is 1. The maximum absolute atomic E-state index is 13.0. The van der Waals surface area contributed by atoms with Crippen molar-refractivity contribution in [2.24, 2.45) is 5.73 Å². The zero-order chi connectivity index (χ0) is 14.8. The zero-order valence-corrected chi connectivity index (χ0v) is 9.67. The summed E-state index contributed by atoms with van der Waals surface area (Å²) < 4.78 is 66.9. The quantitative estimate of drug-likeness (QED) is 0.527. The number of carbonyl (C=O) groups is 1. The fourth-order valence-electron chi connectivity index (χ4n) is 1.29. The summed E-state index contributed by atoms with van der Waals surface area (Å²) >= 11 is 0. The van der Waals surface area contributed by atoms with E-state index in [2.05, 4.69) is 4.74 Å². The minimum absolute atomic E-state index is 0.0266. The van der Waals surface area contributed by atoms with Crippen molar-refractivity contribution in [3.63, 3.8) is 0 Å². The lowest BCUT2D eigenvalue weighted by Gasteiger charge is -2.25. The first kappa shape index (κ1) is 15.4. The molecule has 0 radical (unpaired) electrons. The molecule has 0 unspecified atom stereocenters. The van der Waals surface area contributed by atoms with Crippen LogP contribution in [-0.2, 0) is 4.79 Å². The molecule has 1 rings (SSSR count). The SMILES string of the molecule is CC(=O)Oc1ccc([C@@H](N)C(F)(F)C(F)(F)F)cc1. The average molecular weight is 283 g/mol. The molecule has 19 heavy (non-hydrogen) atoms. The maximum atomic E-state index is 13.0. The third kappa shape index (κ3) is 3.40. The molecule has 106 valence electrons. The van der Waals surface area contributed by atoms with Gasteiger partial charge in [0.1, 0.15) is 11.8 Å². The van der Waals surface area contributed by atoms with E-state index in [-0.39, 0.29) is 5.75 Å². The number of hydrogen-bond acceptors (Lipinski definition) is 3. The summed E-state index contributed by atoms with van der Waals surface area (Å²) in [6.45, 7) is 1.12. The minimum atomic E-state index is -5.74. The summed E-state index contributed by atoms with van der Waals surface area (Å²) in [6.07, 6.45) is -5.74. The van der Waals surface area contributed by atoms with Gasteiger partial charge < -0.3 is 10.5 Å². The smallest absolute Gasteiger partial charge is 0.427 e.